The van der Waals surface area contributed by atoms with Crippen LogP contribution in [0.1, 0.15) is 27.2 Å². The van der Waals surface area contributed by atoms with Crippen LogP contribution in [0.5, 0.6) is 0 Å². The number of hydrogen-bond acceptors (Lipinski definition) is 4. The van der Waals surface area contributed by atoms with Crippen molar-refractivity contribution < 1.29 is 24.5 Å². The second-order valence-electron chi connectivity index (χ2n) is 5.35. The molecule has 3 N–H and O–H groups in total. The minimum Gasteiger partial charge on any atom is -0.465 e. The molecule has 1 aliphatic heterocycles. The maximum absolute atomic E-state index is 11.5. The largest absolute Gasteiger partial charge is 0.465 e. The quantitative estimate of drug-likeness (QED) is 0.676. The number of amides is 2. The molecule has 0 aromatic heterocycles. The first-order valence-electron chi connectivity index (χ1n) is 5.83. The number of carbonyl (C=O) groups is 2. The fourth-order valence-corrected chi connectivity index (χ4v) is 1.90. The molecule has 0 aromatic carbocycles. The minimum absolute atomic E-state index is 0.166. The molecule has 0 aromatic rings. The fourth-order valence-electron chi connectivity index (χ4n) is 1.90. The van der Waals surface area contributed by atoms with Gasteiger partial charge in [0.05, 0.1) is 18.7 Å². The van der Waals surface area contributed by atoms with Crippen LogP contribution in [0, 0.1) is 0 Å². The Labute approximate surface area is 106 Å². The third kappa shape index (κ3) is 4.06. The third-order valence-corrected chi connectivity index (χ3v) is 2.59. The summed E-state index contributed by atoms with van der Waals surface area (Å²) in [6.45, 7) is 5.17. The van der Waals surface area contributed by atoms with E-state index in [1.807, 2.05) is 0 Å². The van der Waals surface area contributed by atoms with Gasteiger partial charge in [-0.05, 0) is 27.2 Å². The van der Waals surface area contributed by atoms with Gasteiger partial charge in [0, 0.05) is 6.54 Å². The average molecular weight is 260 g/mol. The number of aliphatic hydroxyl groups excluding tert-OH is 1. The molecule has 0 radical (unpaired) electrons. The highest BCUT2D eigenvalue weighted by atomic mass is 16.6. The lowest BCUT2D eigenvalue weighted by molar-refractivity contribution is 0.0505. The van der Waals surface area contributed by atoms with Gasteiger partial charge < -0.3 is 25.2 Å². The van der Waals surface area contributed by atoms with E-state index in [4.69, 9.17) is 14.9 Å². The molecule has 7 nitrogen and oxygen atoms in total. The second kappa shape index (κ2) is 5.43. The summed E-state index contributed by atoms with van der Waals surface area (Å²) in [4.78, 5) is 23.6. The van der Waals surface area contributed by atoms with Crippen LogP contribution in [0.15, 0.2) is 0 Å². The van der Waals surface area contributed by atoms with E-state index < -0.39 is 23.8 Å². The van der Waals surface area contributed by atoms with Crippen molar-refractivity contribution in [1.82, 2.24) is 10.2 Å². The maximum atomic E-state index is 11.5. The zero-order valence-corrected chi connectivity index (χ0v) is 10.8. The SMILES string of the molecule is CC(C)(C)OC(=O)NC1CC(CO)N(C(=O)O)C1. The number of ether oxygens (including phenoxy) is 1. The summed E-state index contributed by atoms with van der Waals surface area (Å²) >= 11 is 0. The van der Waals surface area contributed by atoms with Crippen molar-refractivity contribution in [2.45, 2.75) is 44.9 Å². The Morgan fingerprint density at radius 1 is 1.44 bits per heavy atom. The zero-order chi connectivity index (χ0) is 13.9. The summed E-state index contributed by atoms with van der Waals surface area (Å²) in [6.07, 6.45) is -1.28. The van der Waals surface area contributed by atoms with Gasteiger partial charge in [-0.2, -0.15) is 0 Å². The Morgan fingerprint density at radius 3 is 2.44 bits per heavy atom. The molecule has 2 unspecified atom stereocenters. The lowest BCUT2D eigenvalue weighted by Crippen LogP contribution is -2.41. The number of aliphatic hydroxyl groups is 1. The molecule has 1 saturated heterocycles. The minimum atomic E-state index is -1.09. The van der Waals surface area contributed by atoms with Crippen molar-refractivity contribution in [3.05, 3.63) is 0 Å². The Morgan fingerprint density at radius 2 is 2.06 bits per heavy atom. The number of hydrogen-bond donors (Lipinski definition) is 3. The predicted molar refractivity (Wildman–Crippen MR) is 63.4 cm³/mol. The van der Waals surface area contributed by atoms with Crippen LogP contribution in [-0.4, -0.2) is 58.1 Å². The number of nitrogens with zero attached hydrogens (tertiary/aromatic N) is 1. The lowest BCUT2D eigenvalue weighted by atomic mass is 10.2. The van der Waals surface area contributed by atoms with Crippen LogP contribution in [0.3, 0.4) is 0 Å². The summed E-state index contributed by atoms with van der Waals surface area (Å²) in [6, 6.07) is -0.796. The van der Waals surface area contributed by atoms with Gasteiger partial charge in [-0.3, -0.25) is 0 Å². The van der Waals surface area contributed by atoms with Crippen molar-refractivity contribution in [1.29, 1.82) is 0 Å². The first-order chi connectivity index (χ1) is 8.23. The van der Waals surface area contributed by atoms with Crippen LogP contribution >= 0.6 is 0 Å². The van der Waals surface area contributed by atoms with Gasteiger partial charge in [-0.15, -0.1) is 0 Å². The van der Waals surface area contributed by atoms with Crippen molar-refractivity contribution in [2.24, 2.45) is 0 Å². The Bertz CT molecular complexity index is 326. The first kappa shape index (κ1) is 14.6. The van der Waals surface area contributed by atoms with Crippen molar-refractivity contribution in [2.75, 3.05) is 13.2 Å². The summed E-state index contributed by atoms with van der Waals surface area (Å²) in [7, 11) is 0. The topological polar surface area (TPSA) is 99.1 Å². The van der Waals surface area contributed by atoms with Crippen LogP contribution in [0.4, 0.5) is 9.59 Å². The van der Waals surface area contributed by atoms with Gasteiger partial charge in [0.15, 0.2) is 0 Å². The molecule has 0 saturated carbocycles. The number of likely N-dealkylation sites (tertiary alicyclic amines) is 1. The monoisotopic (exact) mass is 260 g/mol. The van der Waals surface area contributed by atoms with E-state index in [0.717, 1.165) is 4.90 Å². The van der Waals surface area contributed by atoms with Crippen LogP contribution in [-0.2, 0) is 4.74 Å². The highest BCUT2D eigenvalue weighted by molar-refractivity contribution is 5.69. The second-order valence-corrected chi connectivity index (χ2v) is 5.35. The van der Waals surface area contributed by atoms with Gasteiger partial charge in [-0.1, -0.05) is 0 Å². The van der Waals surface area contributed by atoms with Crippen molar-refractivity contribution in [3.63, 3.8) is 0 Å². The van der Waals surface area contributed by atoms with E-state index in [0.29, 0.717) is 6.42 Å². The fraction of sp³-hybridized carbons (Fsp3) is 0.818. The van der Waals surface area contributed by atoms with Gasteiger partial charge in [0.25, 0.3) is 0 Å². The molecule has 2 atom stereocenters. The lowest BCUT2D eigenvalue weighted by Gasteiger charge is -2.21. The molecule has 1 fully saturated rings. The van der Waals surface area contributed by atoms with E-state index in [1.54, 1.807) is 20.8 Å². The van der Waals surface area contributed by atoms with E-state index in [1.165, 1.54) is 0 Å². The smallest absolute Gasteiger partial charge is 0.407 e. The number of alkyl carbamates (subject to hydrolysis) is 1. The predicted octanol–water partition coefficient (Wildman–Crippen LogP) is 0.624. The molecule has 1 aliphatic rings. The van der Waals surface area contributed by atoms with Crippen molar-refractivity contribution in [3.8, 4) is 0 Å². The number of carboxylic acid groups (broad SMARTS) is 1. The highest BCUT2D eigenvalue weighted by Gasteiger charge is 2.36. The molecule has 7 heteroatoms. The van der Waals surface area contributed by atoms with Crippen LogP contribution < -0.4 is 5.32 Å². The van der Waals surface area contributed by atoms with E-state index >= 15 is 0 Å². The normalized spacial score (nSPS) is 23.9. The van der Waals surface area contributed by atoms with Gasteiger partial charge in [0.1, 0.15) is 5.60 Å². The Kier molecular flexibility index (Phi) is 4.39. The molecule has 0 spiro atoms. The summed E-state index contributed by atoms with van der Waals surface area (Å²) < 4.78 is 5.09. The third-order valence-electron chi connectivity index (χ3n) is 2.59. The summed E-state index contributed by atoms with van der Waals surface area (Å²) in [5.74, 6) is 0. The van der Waals surface area contributed by atoms with E-state index in [2.05, 4.69) is 5.32 Å². The standard InChI is InChI=1S/C11H20N2O5/c1-11(2,3)18-9(15)12-7-4-8(6-14)13(5-7)10(16)17/h7-8,14H,4-6H2,1-3H3,(H,12,15)(H,16,17). The maximum Gasteiger partial charge on any atom is 0.407 e. The Hall–Kier alpha value is -1.50. The first-order valence-corrected chi connectivity index (χ1v) is 5.83. The highest BCUT2D eigenvalue weighted by Crippen LogP contribution is 2.18. The molecule has 18 heavy (non-hydrogen) atoms. The number of nitrogens with one attached hydrogen (secondary N) is 1. The zero-order valence-electron chi connectivity index (χ0n) is 10.8. The number of rotatable bonds is 2. The summed E-state index contributed by atoms with van der Waals surface area (Å²) in [5, 5.41) is 20.6. The molecular formula is C11H20N2O5. The molecule has 2 amide bonds. The average Bonchev–Trinajstić information content (AvgIpc) is 2.57. The Balaban J connectivity index is 2.50. The van der Waals surface area contributed by atoms with E-state index in [-0.39, 0.29) is 19.2 Å². The molecular weight excluding hydrogens is 240 g/mol. The van der Waals surface area contributed by atoms with Crippen LogP contribution in [0.25, 0.3) is 0 Å². The van der Waals surface area contributed by atoms with Crippen LogP contribution in [0.2, 0.25) is 0 Å². The van der Waals surface area contributed by atoms with Gasteiger partial charge in [-0.25, -0.2) is 9.59 Å². The van der Waals surface area contributed by atoms with Gasteiger partial charge in [0.2, 0.25) is 0 Å². The van der Waals surface area contributed by atoms with Gasteiger partial charge >= 0.3 is 12.2 Å². The summed E-state index contributed by atoms with van der Waals surface area (Å²) in [5.41, 5.74) is -0.592. The number of carbonyl (C=O) groups excluding carboxylic acids is 1. The molecule has 1 heterocycles. The molecule has 0 bridgehead atoms. The molecule has 104 valence electrons. The molecule has 1 rings (SSSR count). The van der Waals surface area contributed by atoms with E-state index in [9.17, 15) is 9.59 Å². The molecule has 0 aliphatic carbocycles. The van der Waals surface area contributed by atoms with Crippen molar-refractivity contribution >= 4 is 12.2 Å².